The number of ether oxygens (including phenoxy) is 4. The van der Waals surface area contributed by atoms with Crippen LogP contribution in [-0.2, 0) is 13.2 Å². The standard InChI is InChI=1S/C32H30O8/c33-19-25-5-3-7-29(31(25)35)39-21-23-9-13-27(14-10-23)37-17-1-2-18-38-28-15-11-24(12-16-28)22-40-30-8-4-6-26(20-34)32(30)36/h3-16,19-20,35-36H,1-2,17-18,21-22H2. The van der Waals surface area contributed by atoms with E-state index in [1.54, 1.807) is 24.3 Å². The SMILES string of the molecule is O=Cc1cccc(OCc2ccc(OCCCCOc3ccc(COc4cccc(C=O)c4O)cc3)cc2)c1O. The Hall–Kier alpha value is -4.98. The summed E-state index contributed by atoms with van der Waals surface area (Å²) in [6, 6.07) is 24.6. The molecule has 0 unspecified atom stereocenters. The molecule has 0 aliphatic heterocycles. The molecule has 4 aromatic carbocycles. The molecule has 0 heterocycles. The van der Waals surface area contributed by atoms with Gasteiger partial charge in [-0.1, -0.05) is 36.4 Å². The quantitative estimate of drug-likeness (QED) is 0.137. The van der Waals surface area contributed by atoms with Gasteiger partial charge in [-0.2, -0.15) is 0 Å². The molecule has 8 heteroatoms. The van der Waals surface area contributed by atoms with Gasteiger partial charge >= 0.3 is 0 Å². The highest BCUT2D eigenvalue weighted by atomic mass is 16.5. The fourth-order valence-electron chi connectivity index (χ4n) is 3.77. The average molecular weight is 543 g/mol. The minimum absolute atomic E-state index is 0.162. The smallest absolute Gasteiger partial charge is 0.168 e. The zero-order valence-electron chi connectivity index (χ0n) is 21.8. The molecular weight excluding hydrogens is 512 g/mol. The molecule has 2 N–H and O–H groups in total. The van der Waals surface area contributed by atoms with Crippen LogP contribution in [0.3, 0.4) is 0 Å². The fourth-order valence-corrected chi connectivity index (χ4v) is 3.77. The molecule has 8 nitrogen and oxygen atoms in total. The van der Waals surface area contributed by atoms with Crippen LogP contribution in [0.25, 0.3) is 0 Å². The van der Waals surface area contributed by atoms with E-state index in [2.05, 4.69) is 0 Å². The summed E-state index contributed by atoms with van der Waals surface area (Å²) >= 11 is 0. The maximum absolute atomic E-state index is 10.9. The lowest BCUT2D eigenvalue weighted by atomic mass is 10.2. The van der Waals surface area contributed by atoms with E-state index >= 15 is 0 Å². The molecule has 0 bridgehead atoms. The summed E-state index contributed by atoms with van der Waals surface area (Å²) in [4.78, 5) is 21.9. The fraction of sp³-hybridized carbons (Fsp3) is 0.188. The maximum atomic E-state index is 10.9. The number of hydrogen-bond donors (Lipinski definition) is 2. The number of hydrogen-bond acceptors (Lipinski definition) is 8. The Morgan fingerprint density at radius 3 is 1.30 bits per heavy atom. The van der Waals surface area contributed by atoms with Crippen molar-refractivity contribution in [2.45, 2.75) is 26.1 Å². The molecule has 0 amide bonds. The number of carbonyl (C=O) groups is 2. The minimum Gasteiger partial charge on any atom is -0.504 e. The van der Waals surface area contributed by atoms with E-state index in [4.69, 9.17) is 18.9 Å². The topological polar surface area (TPSA) is 112 Å². The predicted molar refractivity (Wildman–Crippen MR) is 149 cm³/mol. The van der Waals surface area contributed by atoms with Crippen molar-refractivity contribution in [1.29, 1.82) is 0 Å². The van der Waals surface area contributed by atoms with Crippen LogP contribution in [0, 0.1) is 0 Å². The van der Waals surface area contributed by atoms with Crippen molar-refractivity contribution in [3.05, 3.63) is 107 Å². The summed E-state index contributed by atoms with van der Waals surface area (Å²) in [6.45, 7) is 1.61. The Morgan fingerprint density at radius 1 is 0.525 bits per heavy atom. The van der Waals surface area contributed by atoms with Crippen molar-refractivity contribution in [2.75, 3.05) is 13.2 Å². The highest BCUT2D eigenvalue weighted by Gasteiger charge is 2.09. The van der Waals surface area contributed by atoms with Crippen molar-refractivity contribution < 1.29 is 38.7 Å². The first-order chi connectivity index (χ1) is 19.6. The number of phenolic OH excluding ortho intramolecular Hbond substituents is 2. The van der Waals surface area contributed by atoms with Crippen LogP contribution in [0.4, 0.5) is 0 Å². The summed E-state index contributed by atoms with van der Waals surface area (Å²) in [6.07, 6.45) is 2.83. The zero-order valence-corrected chi connectivity index (χ0v) is 21.8. The first-order valence-corrected chi connectivity index (χ1v) is 12.8. The van der Waals surface area contributed by atoms with E-state index in [9.17, 15) is 19.8 Å². The lowest BCUT2D eigenvalue weighted by Crippen LogP contribution is -2.03. The van der Waals surface area contributed by atoms with Gasteiger partial charge in [-0.3, -0.25) is 9.59 Å². The lowest BCUT2D eigenvalue weighted by molar-refractivity contribution is 0.111. The van der Waals surface area contributed by atoms with Crippen LogP contribution in [-0.4, -0.2) is 36.0 Å². The summed E-state index contributed by atoms with van der Waals surface area (Å²) < 4.78 is 22.9. The van der Waals surface area contributed by atoms with Crippen molar-refractivity contribution in [3.8, 4) is 34.5 Å². The van der Waals surface area contributed by atoms with Crippen molar-refractivity contribution in [2.24, 2.45) is 0 Å². The largest absolute Gasteiger partial charge is 0.504 e. The monoisotopic (exact) mass is 542 g/mol. The van der Waals surface area contributed by atoms with Crippen LogP contribution >= 0.6 is 0 Å². The summed E-state index contributed by atoms with van der Waals surface area (Å²) in [5.41, 5.74) is 2.18. The molecule has 0 aliphatic carbocycles. The van der Waals surface area contributed by atoms with Crippen LogP contribution in [0.2, 0.25) is 0 Å². The molecule has 4 aromatic rings. The number of para-hydroxylation sites is 2. The van der Waals surface area contributed by atoms with Crippen LogP contribution < -0.4 is 18.9 Å². The normalized spacial score (nSPS) is 10.5. The zero-order chi connectivity index (χ0) is 28.2. The average Bonchev–Trinajstić information content (AvgIpc) is 2.99. The second-order valence-electron chi connectivity index (χ2n) is 8.89. The van der Waals surface area contributed by atoms with Gasteiger partial charge in [0, 0.05) is 0 Å². The summed E-state index contributed by atoms with van der Waals surface area (Å²) in [7, 11) is 0. The Balaban J connectivity index is 1.11. The first kappa shape index (κ1) is 28.0. The molecule has 0 aliphatic rings. The van der Waals surface area contributed by atoms with Crippen LogP contribution in [0.5, 0.6) is 34.5 Å². The number of rotatable bonds is 15. The summed E-state index contributed by atoms with van der Waals surface area (Å²) in [5, 5.41) is 20.0. The molecule has 206 valence electrons. The van der Waals surface area contributed by atoms with Gasteiger partial charge in [0.2, 0.25) is 0 Å². The molecule has 0 spiro atoms. The predicted octanol–water partition coefficient (Wildman–Crippen LogP) is 6.12. The third-order valence-electron chi connectivity index (χ3n) is 6.03. The molecule has 0 atom stereocenters. The molecule has 40 heavy (non-hydrogen) atoms. The lowest BCUT2D eigenvalue weighted by Gasteiger charge is -2.11. The van der Waals surface area contributed by atoms with E-state index in [0.29, 0.717) is 25.8 Å². The van der Waals surface area contributed by atoms with Gasteiger partial charge in [0.25, 0.3) is 0 Å². The molecule has 0 fully saturated rings. The Morgan fingerprint density at radius 2 is 0.925 bits per heavy atom. The van der Waals surface area contributed by atoms with Gasteiger partial charge in [0.1, 0.15) is 24.7 Å². The molecule has 0 saturated carbocycles. The number of aldehydes is 2. The Labute approximate surface area is 232 Å². The molecule has 0 aromatic heterocycles. The number of unbranched alkanes of at least 4 members (excludes halogenated alkanes) is 1. The minimum atomic E-state index is -0.162. The molecule has 0 saturated heterocycles. The number of phenols is 2. The second kappa shape index (κ2) is 14.2. The van der Waals surface area contributed by atoms with Gasteiger partial charge in [-0.25, -0.2) is 0 Å². The van der Waals surface area contributed by atoms with E-state index in [-0.39, 0.29) is 47.3 Å². The van der Waals surface area contributed by atoms with Gasteiger partial charge in [0.15, 0.2) is 35.6 Å². The Bertz CT molecular complexity index is 1290. The van der Waals surface area contributed by atoms with Crippen molar-refractivity contribution in [1.82, 2.24) is 0 Å². The molecule has 0 radical (unpaired) electrons. The van der Waals surface area contributed by atoms with Gasteiger partial charge in [-0.15, -0.1) is 0 Å². The highest BCUT2D eigenvalue weighted by Crippen LogP contribution is 2.30. The van der Waals surface area contributed by atoms with E-state index in [1.165, 1.54) is 12.1 Å². The van der Waals surface area contributed by atoms with Crippen LogP contribution in [0.1, 0.15) is 44.7 Å². The molecular formula is C32H30O8. The Kier molecular flexibility index (Phi) is 9.99. The highest BCUT2D eigenvalue weighted by molar-refractivity contribution is 5.81. The van der Waals surface area contributed by atoms with E-state index < -0.39 is 0 Å². The molecule has 4 rings (SSSR count). The third kappa shape index (κ3) is 7.77. The van der Waals surface area contributed by atoms with Crippen molar-refractivity contribution in [3.63, 3.8) is 0 Å². The van der Waals surface area contributed by atoms with Crippen molar-refractivity contribution >= 4 is 12.6 Å². The van der Waals surface area contributed by atoms with Gasteiger partial charge in [0.05, 0.1) is 24.3 Å². The third-order valence-corrected chi connectivity index (χ3v) is 6.03. The summed E-state index contributed by atoms with van der Waals surface area (Å²) in [5.74, 6) is 1.70. The number of carbonyl (C=O) groups excluding carboxylic acids is 2. The van der Waals surface area contributed by atoms with E-state index in [1.807, 2.05) is 48.5 Å². The van der Waals surface area contributed by atoms with Gasteiger partial charge in [-0.05, 0) is 72.5 Å². The van der Waals surface area contributed by atoms with E-state index in [0.717, 1.165) is 35.5 Å². The second-order valence-corrected chi connectivity index (χ2v) is 8.89. The number of aromatic hydroxyl groups is 2. The van der Waals surface area contributed by atoms with Crippen LogP contribution in [0.15, 0.2) is 84.9 Å². The van der Waals surface area contributed by atoms with Gasteiger partial charge < -0.3 is 29.2 Å². The number of benzene rings is 4. The first-order valence-electron chi connectivity index (χ1n) is 12.8. The maximum Gasteiger partial charge on any atom is 0.168 e.